The molecule has 3 aromatic carbocycles. The summed E-state index contributed by atoms with van der Waals surface area (Å²) >= 11 is 6.03. The molecule has 162 valence electrons. The third-order valence-corrected chi connectivity index (χ3v) is 5.60. The minimum atomic E-state index is -0.942. The quantitative estimate of drug-likeness (QED) is 0.326. The first-order chi connectivity index (χ1) is 15.3. The van der Waals surface area contributed by atoms with Crippen LogP contribution in [0.1, 0.15) is 22.7 Å². The Balaban J connectivity index is 1.98. The van der Waals surface area contributed by atoms with Gasteiger partial charge in [-0.3, -0.25) is 14.5 Å². The molecule has 0 bridgehead atoms. The van der Waals surface area contributed by atoms with E-state index >= 15 is 0 Å². The lowest BCUT2D eigenvalue weighted by Gasteiger charge is -2.25. The number of rotatable bonds is 4. The molecule has 1 heterocycles. The number of carbonyl (C=O) groups excluding carboxylic acids is 2. The number of nitrogens with zero attached hydrogens (tertiary/aromatic N) is 1. The molecular weight excluding hydrogens is 433 g/mol. The highest BCUT2D eigenvalue weighted by Gasteiger charge is 2.47. The van der Waals surface area contributed by atoms with E-state index in [1.54, 1.807) is 36.4 Å². The number of hydrogen-bond donors (Lipinski definition) is 1. The van der Waals surface area contributed by atoms with Gasteiger partial charge in [0.2, 0.25) is 0 Å². The van der Waals surface area contributed by atoms with E-state index in [4.69, 9.17) is 16.3 Å². The van der Waals surface area contributed by atoms with Gasteiger partial charge in [-0.25, -0.2) is 4.39 Å². The van der Waals surface area contributed by atoms with Crippen molar-refractivity contribution in [3.63, 3.8) is 0 Å². The molecule has 3 aromatic rings. The second kappa shape index (κ2) is 8.48. The largest absolute Gasteiger partial charge is 0.507 e. The summed E-state index contributed by atoms with van der Waals surface area (Å²) < 4.78 is 18.9. The maximum Gasteiger partial charge on any atom is 0.300 e. The maximum atomic E-state index is 13.5. The van der Waals surface area contributed by atoms with Crippen molar-refractivity contribution in [2.45, 2.75) is 13.0 Å². The highest BCUT2D eigenvalue weighted by Crippen LogP contribution is 2.43. The molecule has 1 unspecified atom stereocenters. The van der Waals surface area contributed by atoms with Gasteiger partial charge in [-0.2, -0.15) is 0 Å². The van der Waals surface area contributed by atoms with Crippen molar-refractivity contribution in [2.75, 3.05) is 12.0 Å². The van der Waals surface area contributed by atoms with Gasteiger partial charge >= 0.3 is 0 Å². The average Bonchev–Trinajstić information content (AvgIpc) is 3.05. The van der Waals surface area contributed by atoms with Gasteiger partial charge in [0.1, 0.15) is 17.3 Å². The predicted molar refractivity (Wildman–Crippen MR) is 120 cm³/mol. The second-order valence-electron chi connectivity index (χ2n) is 7.40. The van der Waals surface area contributed by atoms with E-state index < -0.39 is 23.5 Å². The lowest BCUT2D eigenvalue weighted by molar-refractivity contribution is -0.132. The lowest BCUT2D eigenvalue weighted by atomic mass is 9.94. The number of halogens is 2. The van der Waals surface area contributed by atoms with E-state index in [-0.39, 0.29) is 11.3 Å². The number of aliphatic hydroxyl groups excluding tert-OH is 1. The van der Waals surface area contributed by atoms with Gasteiger partial charge < -0.3 is 9.84 Å². The number of Topliss-reactive ketones (excluding diaryl/α,β-unsaturated/α-hetero) is 1. The molecule has 0 spiro atoms. The fraction of sp³-hybridized carbons (Fsp3) is 0.120. The minimum absolute atomic E-state index is 0.0921. The van der Waals surface area contributed by atoms with Crippen LogP contribution in [-0.4, -0.2) is 23.9 Å². The van der Waals surface area contributed by atoms with E-state index in [0.717, 1.165) is 5.56 Å². The first kappa shape index (κ1) is 21.6. The fourth-order valence-corrected chi connectivity index (χ4v) is 3.94. The lowest BCUT2D eigenvalue weighted by Crippen LogP contribution is -2.29. The van der Waals surface area contributed by atoms with Crippen LogP contribution in [0.15, 0.2) is 72.3 Å². The Kier molecular flexibility index (Phi) is 5.72. The summed E-state index contributed by atoms with van der Waals surface area (Å²) in [6.07, 6.45) is 0. The number of methoxy groups -OCH3 is 1. The molecule has 0 aliphatic carbocycles. The molecule has 0 radical (unpaired) electrons. The Hall–Kier alpha value is -3.64. The van der Waals surface area contributed by atoms with Crippen molar-refractivity contribution < 1.29 is 23.8 Å². The monoisotopic (exact) mass is 451 g/mol. The van der Waals surface area contributed by atoms with Gasteiger partial charge in [0.05, 0.1) is 24.3 Å². The highest BCUT2D eigenvalue weighted by molar-refractivity contribution is 6.51. The summed E-state index contributed by atoms with van der Waals surface area (Å²) in [5.74, 6) is -2.15. The predicted octanol–water partition coefficient (Wildman–Crippen LogP) is 5.42. The van der Waals surface area contributed by atoms with Gasteiger partial charge in [-0.15, -0.1) is 0 Å². The molecule has 4 rings (SSSR count). The highest BCUT2D eigenvalue weighted by atomic mass is 35.5. The van der Waals surface area contributed by atoms with Crippen LogP contribution in [0.4, 0.5) is 10.1 Å². The summed E-state index contributed by atoms with van der Waals surface area (Å²) in [6.45, 7) is 1.84. The fourth-order valence-electron chi connectivity index (χ4n) is 3.81. The number of aliphatic hydroxyl groups is 1. The van der Waals surface area contributed by atoms with Gasteiger partial charge in [0.25, 0.3) is 11.7 Å². The van der Waals surface area contributed by atoms with Crippen molar-refractivity contribution in [1.82, 2.24) is 0 Å². The summed E-state index contributed by atoms with van der Waals surface area (Å²) in [7, 11) is 1.45. The zero-order valence-corrected chi connectivity index (χ0v) is 18.1. The first-order valence-corrected chi connectivity index (χ1v) is 10.2. The summed E-state index contributed by atoms with van der Waals surface area (Å²) in [4.78, 5) is 27.5. The Labute approximate surface area is 189 Å². The molecule has 5 nitrogen and oxygen atoms in total. The molecule has 1 amide bonds. The molecule has 1 aliphatic rings. The van der Waals surface area contributed by atoms with Crippen molar-refractivity contribution >= 4 is 34.7 Å². The molecule has 1 N–H and O–H groups in total. The van der Waals surface area contributed by atoms with Gasteiger partial charge in [-0.05, 0) is 61.0 Å². The summed E-state index contributed by atoms with van der Waals surface area (Å²) in [5, 5.41) is 11.7. The molecule has 0 aromatic heterocycles. The molecule has 1 saturated heterocycles. The third-order valence-electron chi connectivity index (χ3n) is 5.35. The number of ketones is 1. The second-order valence-corrected chi connectivity index (χ2v) is 7.84. The number of hydrogen-bond acceptors (Lipinski definition) is 4. The van der Waals surface area contributed by atoms with Crippen LogP contribution in [0.3, 0.4) is 0 Å². The smallest absolute Gasteiger partial charge is 0.300 e. The Bertz CT molecular complexity index is 1240. The zero-order chi connectivity index (χ0) is 23.0. The van der Waals surface area contributed by atoms with Crippen molar-refractivity contribution in [2.24, 2.45) is 0 Å². The standard InChI is InChI=1S/C25H19ClFNO4/c1-14-3-12-20(32-2)19(13-14)23(29)21-22(15-4-6-16(26)7-5-15)28(25(31)24(21)30)18-10-8-17(27)9-11-18/h3-13,22,29H,1-2H3/b23-21+. The van der Waals surface area contributed by atoms with Crippen LogP contribution in [0, 0.1) is 12.7 Å². The average molecular weight is 452 g/mol. The number of benzene rings is 3. The SMILES string of the molecule is COc1ccc(C)cc1/C(O)=C1\C(=O)C(=O)N(c2ccc(F)cc2)C1c1ccc(Cl)cc1. The molecule has 32 heavy (non-hydrogen) atoms. The molecule has 0 saturated carbocycles. The van der Waals surface area contributed by atoms with Crippen molar-refractivity contribution in [1.29, 1.82) is 0 Å². The third kappa shape index (κ3) is 3.74. The molecular formula is C25H19ClFNO4. The van der Waals surface area contributed by atoms with E-state index in [9.17, 15) is 19.1 Å². The number of ether oxygens (including phenoxy) is 1. The number of amides is 1. The van der Waals surface area contributed by atoms with Crippen LogP contribution in [-0.2, 0) is 9.59 Å². The molecule has 7 heteroatoms. The van der Waals surface area contributed by atoms with Gasteiger partial charge in [0.15, 0.2) is 0 Å². The summed E-state index contributed by atoms with van der Waals surface area (Å²) in [6, 6.07) is 16.1. The maximum absolute atomic E-state index is 13.5. The van der Waals surface area contributed by atoms with Gasteiger partial charge in [-0.1, -0.05) is 35.4 Å². The number of aryl methyl sites for hydroxylation is 1. The van der Waals surface area contributed by atoms with E-state index in [1.165, 1.54) is 36.3 Å². The van der Waals surface area contributed by atoms with Crippen molar-refractivity contribution in [3.8, 4) is 5.75 Å². The van der Waals surface area contributed by atoms with E-state index in [2.05, 4.69) is 0 Å². The van der Waals surface area contributed by atoms with E-state index in [1.807, 2.05) is 13.0 Å². The van der Waals surface area contributed by atoms with Crippen LogP contribution in [0.5, 0.6) is 5.75 Å². The van der Waals surface area contributed by atoms with E-state index in [0.29, 0.717) is 27.6 Å². The van der Waals surface area contributed by atoms with Crippen LogP contribution in [0.2, 0.25) is 5.02 Å². The summed E-state index contributed by atoms with van der Waals surface area (Å²) in [5.41, 5.74) is 1.92. The van der Waals surface area contributed by atoms with Gasteiger partial charge in [0, 0.05) is 10.7 Å². The molecule has 1 fully saturated rings. The normalized spacial score (nSPS) is 17.6. The van der Waals surface area contributed by atoms with Crippen LogP contribution < -0.4 is 9.64 Å². The Morgan fingerprint density at radius 1 is 1.03 bits per heavy atom. The Morgan fingerprint density at radius 3 is 2.31 bits per heavy atom. The Morgan fingerprint density at radius 2 is 1.69 bits per heavy atom. The van der Waals surface area contributed by atoms with Crippen LogP contribution in [0.25, 0.3) is 5.76 Å². The van der Waals surface area contributed by atoms with Crippen LogP contribution >= 0.6 is 11.6 Å². The number of carbonyl (C=O) groups is 2. The number of anilines is 1. The zero-order valence-electron chi connectivity index (χ0n) is 17.3. The molecule has 1 atom stereocenters. The topological polar surface area (TPSA) is 66.8 Å². The minimum Gasteiger partial charge on any atom is -0.507 e. The molecule has 1 aliphatic heterocycles. The van der Waals surface area contributed by atoms with Crippen molar-refractivity contribution in [3.05, 3.63) is 99.8 Å². The first-order valence-electron chi connectivity index (χ1n) is 9.79.